The van der Waals surface area contributed by atoms with E-state index < -0.39 is 12.0 Å². The van der Waals surface area contributed by atoms with Crippen LogP contribution in [0.5, 0.6) is 0 Å². The van der Waals surface area contributed by atoms with Crippen molar-refractivity contribution < 1.29 is 13.2 Å². The van der Waals surface area contributed by atoms with E-state index in [0.717, 1.165) is 25.8 Å². The van der Waals surface area contributed by atoms with E-state index in [4.69, 9.17) is 0 Å². The molecule has 3 heterocycles. The molecule has 0 unspecified atom stereocenters. The maximum atomic E-state index is 13.0. The summed E-state index contributed by atoms with van der Waals surface area (Å²) in [6.45, 7) is 0.725. The Balaban J connectivity index is 1.58. The predicted octanol–water partition coefficient (Wildman–Crippen LogP) is 2.80. The Bertz CT molecular complexity index is 878. The molecule has 0 saturated heterocycles. The van der Waals surface area contributed by atoms with Gasteiger partial charge in [0.1, 0.15) is 0 Å². The highest BCUT2D eigenvalue weighted by Gasteiger charge is 2.36. The minimum absolute atomic E-state index is 0.00522. The maximum absolute atomic E-state index is 13.0. The van der Waals surface area contributed by atoms with Crippen LogP contribution in [0.2, 0.25) is 0 Å². The molecule has 0 aliphatic rings. The Morgan fingerprint density at radius 1 is 1.07 bits per heavy atom. The smallest absolute Gasteiger partial charge is 0.357 e. The van der Waals surface area contributed by atoms with Crippen molar-refractivity contribution in [2.24, 2.45) is 0 Å². The number of hydrogen-bond acceptors (Lipinski definition) is 7. The lowest BCUT2D eigenvalue weighted by Gasteiger charge is -2.09. The zero-order valence-corrected chi connectivity index (χ0v) is 14.7. The lowest BCUT2D eigenvalue weighted by molar-refractivity contribution is -0.144. The molecule has 0 fully saturated rings. The van der Waals surface area contributed by atoms with Gasteiger partial charge in [-0.25, -0.2) is 15.0 Å². The molecule has 27 heavy (non-hydrogen) atoms. The van der Waals surface area contributed by atoms with Crippen molar-refractivity contribution in [2.75, 3.05) is 24.2 Å². The van der Waals surface area contributed by atoms with Crippen molar-refractivity contribution in [1.82, 2.24) is 29.5 Å². The van der Waals surface area contributed by atoms with Crippen LogP contribution >= 0.6 is 0 Å². The zero-order chi connectivity index (χ0) is 19.3. The molecule has 0 bridgehead atoms. The summed E-state index contributed by atoms with van der Waals surface area (Å²) in [4.78, 5) is 15.3. The molecule has 3 aromatic rings. The van der Waals surface area contributed by atoms with Crippen LogP contribution in [0.3, 0.4) is 0 Å². The van der Waals surface area contributed by atoms with Gasteiger partial charge < -0.3 is 10.6 Å². The molecular formula is C16H19F3N8. The molecule has 0 aromatic carbocycles. The number of fused-ring (bicyclic) bond motifs is 1. The van der Waals surface area contributed by atoms with Gasteiger partial charge >= 0.3 is 6.18 Å². The molecule has 0 aliphatic carbocycles. The number of hydrogen-bond donors (Lipinski definition) is 2. The molecule has 2 N–H and O–H groups in total. The summed E-state index contributed by atoms with van der Waals surface area (Å²) >= 11 is 0. The molecule has 0 radical (unpaired) electrons. The highest BCUT2D eigenvalue weighted by atomic mass is 19.4. The first-order chi connectivity index (χ1) is 13.0. The van der Waals surface area contributed by atoms with E-state index in [0.29, 0.717) is 17.9 Å². The van der Waals surface area contributed by atoms with Crippen molar-refractivity contribution in [3.8, 4) is 0 Å². The van der Waals surface area contributed by atoms with Gasteiger partial charge in [0.05, 0.1) is 6.20 Å². The average molecular weight is 380 g/mol. The molecule has 0 atom stereocenters. The second kappa shape index (κ2) is 8.14. The van der Waals surface area contributed by atoms with Crippen LogP contribution in [0.15, 0.2) is 24.7 Å². The Labute approximate surface area is 153 Å². The fraction of sp³-hybridized carbons (Fsp3) is 0.438. The largest absolute Gasteiger partial charge is 0.451 e. The van der Waals surface area contributed by atoms with Crippen molar-refractivity contribution >= 4 is 17.5 Å². The van der Waals surface area contributed by atoms with Crippen LogP contribution < -0.4 is 10.6 Å². The number of alkyl halides is 3. The first kappa shape index (κ1) is 18.8. The maximum Gasteiger partial charge on any atom is 0.451 e. The number of halogens is 3. The topological polar surface area (TPSA) is 92.9 Å². The third-order valence-corrected chi connectivity index (χ3v) is 3.89. The van der Waals surface area contributed by atoms with Gasteiger partial charge in [0.15, 0.2) is 5.65 Å². The van der Waals surface area contributed by atoms with Crippen molar-refractivity contribution in [1.29, 1.82) is 0 Å². The molecule has 0 aliphatic heterocycles. The summed E-state index contributed by atoms with van der Waals surface area (Å²) in [5, 5.41) is 9.84. The molecule has 3 aromatic heterocycles. The third kappa shape index (κ3) is 4.60. The van der Waals surface area contributed by atoms with Gasteiger partial charge in [-0.05, 0) is 25.3 Å². The molecular weight excluding hydrogens is 361 g/mol. The van der Waals surface area contributed by atoms with Gasteiger partial charge in [0.2, 0.25) is 17.7 Å². The van der Waals surface area contributed by atoms with Crippen molar-refractivity contribution in [2.45, 2.75) is 31.9 Å². The lowest BCUT2D eigenvalue weighted by atomic mass is 10.1. The first-order valence-electron chi connectivity index (χ1n) is 8.49. The van der Waals surface area contributed by atoms with Gasteiger partial charge in [-0.2, -0.15) is 27.8 Å². The van der Waals surface area contributed by atoms with Gasteiger partial charge in [-0.1, -0.05) is 6.42 Å². The summed E-state index contributed by atoms with van der Waals surface area (Å²) in [7, 11) is 1.49. The van der Waals surface area contributed by atoms with Crippen molar-refractivity contribution in [3.63, 3.8) is 0 Å². The van der Waals surface area contributed by atoms with Crippen LogP contribution in [0.25, 0.3) is 5.65 Å². The van der Waals surface area contributed by atoms with Gasteiger partial charge in [0.25, 0.3) is 0 Å². The number of nitrogens with zero attached hydrogens (tertiary/aromatic N) is 6. The number of unbranched alkanes of at least 4 members (excludes halogenated alkanes) is 2. The second-order valence-corrected chi connectivity index (χ2v) is 5.83. The van der Waals surface area contributed by atoms with E-state index >= 15 is 0 Å². The quantitative estimate of drug-likeness (QED) is 0.581. The van der Waals surface area contributed by atoms with E-state index in [9.17, 15) is 13.2 Å². The number of anilines is 2. The van der Waals surface area contributed by atoms with Crippen molar-refractivity contribution in [3.05, 3.63) is 36.0 Å². The molecule has 3 rings (SSSR count). The third-order valence-electron chi connectivity index (χ3n) is 3.89. The molecule has 144 valence electrons. The summed E-state index contributed by atoms with van der Waals surface area (Å²) < 4.78 is 40.3. The van der Waals surface area contributed by atoms with Crippen LogP contribution in [0.4, 0.5) is 25.1 Å². The number of aryl methyl sites for hydroxylation is 1. The zero-order valence-electron chi connectivity index (χ0n) is 14.7. The molecule has 8 nitrogen and oxygen atoms in total. The standard InChI is InChI=1S/C16H19F3N8/c1-20-15-26-13(16(17,18)19)25-12-11(10-24-27(12)15)6-3-2-4-7-21-14-22-8-5-9-23-14/h5,8-10H,2-4,6-7H2,1H3,(H,20,25,26)(H,21,22,23). The minimum atomic E-state index is -4.61. The van der Waals surface area contributed by atoms with E-state index in [2.05, 4.69) is 35.7 Å². The van der Waals surface area contributed by atoms with Crippen LogP contribution in [0.1, 0.15) is 30.7 Å². The van der Waals surface area contributed by atoms with Gasteiger partial charge in [-0.15, -0.1) is 0 Å². The highest BCUT2D eigenvalue weighted by molar-refractivity contribution is 5.51. The average Bonchev–Trinajstić information content (AvgIpc) is 3.07. The predicted molar refractivity (Wildman–Crippen MR) is 93.4 cm³/mol. The number of nitrogens with one attached hydrogen (secondary N) is 2. The fourth-order valence-electron chi connectivity index (χ4n) is 2.60. The normalized spacial score (nSPS) is 11.7. The van der Waals surface area contributed by atoms with E-state index in [-0.39, 0.29) is 11.6 Å². The Kier molecular flexibility index (Phi) is 5.67. The number of rotatable bonds is 8. The van der Waals surface area contributed by atoms with E-state index in [1.807, 2.05) is 0 Å². The number of aromatic nitrogens is 6. The van der Waals surface area contributed by atoms with Crippen LogP contribution in [-0.4, -0.2) is 43.1 Å². The SMILES string of the molecule is CNc1nc(C(F)(F)F)nc2c(CCCCCNc3ncccn3)cnn12. The summed E-state index contributed by atoms with van der Waals surface area (Å²) in [6, 6.07) is 1.74. The highest BCUT2D eigenvalue weighted by Crippen LogP contribution is 2.28. The Morgan fingerprint density at radius 3 is 2.56 bits per heavy atom. The van der Waals surface area contributed by atoms with Gasteiger partial charge in [0, 0.05) is 31.5 Å². The van der Waals surface area contributed by atoms with Crippen LogP contribution in [-0.2, 0) is 12.6 Å². The Hall–Kier alpha value is -2.98. The van der Waals surface area contributed by atoms with Crippen LogP contribution in [0, 0.1) is 0 Å². The first-order valence-corrected chi connectivity index (χ1v) is 8.49. The van der Waals surface area contributed by atoms with Gasteiger partial charge in [-0.3, -0.25) is 0 Å². The second-order valence-electron chi connectivity index (χ2n) is 5.83. The molecule has 11 heteroatoms. The minimum Gasteiger partial charge on any atom is -0.357 e. The van der Waals surface area contributed by atoms with E-state index in [1.165, 1.54) is 11.6 Å². The summed E-state index contributed by atoms with van der Waals surface area (Å²) in [6.07, 6.45) is 3.44. The summed E-state index contributed by atoms with van der Waals surface area (Å²) in [5.74, 6) is -0.588. The molecule has 0 spiro atoms. The summed E-state index contributed by atoms with van der Waals surface area (Å²) in [5.41, 5.74) is 0.844. The fourth-order valence-corrected chi connectivity index (χ4v) is 2.60. The molecule has 0 saturated carbocycles. The molecule has 0 amide bonds. The lowest BCUT2D eigenvalue weighted by Crippen LogP contribution is -2.15. The Morgan fingerprint density at radius 2 is 1.85 bits per heavy atom. The monoisotopic (exact) mass is 380 g/mol. The van der Waals surface area contributed by atoms with E-state index in [1.54, 1.807) is 24.7 Å².